The molecule has 1 aromatic heterocycles. The van der Waals surface area contributed by atoms with E-state index >= 15 is 0 Å². The molecular weight excluding hydrogens is 335 g/mol. The van der Waals surface area contributed by atoms with Crippen LogP contribution in [0.2, 0.25) is 0 Å². The lowest BCUT2D eigenvalue weighted by molar-refractivity contribution is 0.411. The van der Waals surface area contributed by atoms with E-state index in [0.29, 0.717) is 10.2 Å². The molecule has 0 aliphatic rings. The van der Waals surface area contributed by atoms with Crippen LogP contribution < -0.4 is 10.1 Å². The van der Waals surface area contributed by atoms with Crippen molar-refractivity contribution < 1.29 is 9.13 Å². The molecule has 1 N–H and O–H groups in total. The van der Waals surface area contributed by atoms with Crippen LogP contribution in [0.15, 0.2) is 41.1 Å². The van der Waals surface area contributed by atoms with Gasteiger partial charge in [0.25, 0.3) is 0 Å². The van der Waals surface area contributed by atoms with Gasteiger partial charge in [-0.05, 0) is 58.2 Å². The Morgan fingerprint density at radius 3 is 2.76 bits per heavy atom. The van der Waals surface area contributed by atoms with Gasteiger partial charge in [-0.2, -0.15) is 0 Å². The van der Waals surface area contributed by atoms with Gasteiger partial charge in [0.2, 0.25) is 0 Å². The molecule has 112 valence electrons. The molecule has 3 nitrogen and oxygen atoms in total. The van der Waals surface area contributed by atoms with Crippen molar-refractivity contribution in [3.05, 3.63) is 58.1 Å². The molecule has 0 spiro atoms. The Balaban J connectivity index is 2.38. The van der Waals surface area contributed by atoms with E-state index in [-0.39, 0.29) is 11.9 Å². The molecule has 0 saturated heterocycles. The SMILES string of the molecule is CCCNC(c1cncc(OC)c1)c1ccc(Br)c(F)c1. The zero-order valence-electron chi connectivity index (χ0n) is 12.1. The molecule has 0 amide bonds. The summed E-state index contributed by atoms with van der Waals surface area (Å²) in [6.45, 7) is 2.93. The Labute approximate surface area is 132 Å². The molecule has 1 heterocycles. The number of nitrogens with zero attached hydrogens (tertiary/aromatic N) is 1. The third kappa shape index (κ3) is 4.02. The van der Waals surface area contributed by atoms with Crippen molar-refractivity contribution in [2.75, 3.05) is 13.7 Å². The minimum atomic E-state index is -0.272. The summed E-state index contributed by atoms with van der Waals surface area (Å²) >= 11 is 3.18. The van der Waals surface area contributed by atoms with E-state index in [1.165, 1.54) is 6.07 Å². The predicted molar refractivity (Wildman–Crippen MR) is 85.0 cm³/mol. The number of aromatic nitrogens is 1. The normalized spacial score (nSPS) is 12.2. The van der Waals surface area contributed by atoms with Crippen LogP contribution in [0.25, 0.3) is 0 Å². The van der Waals surface area contributed by atoms with Gasteiger partial charge in [0.15, 0.2) is 0 Å². The van der Waals surface area contributed by atoms with Crippen LogP contribution in [0.1, 0.15) is 30.5 Å². The van der Waals surface area contributed by atoms with Crippen molar-refractivity contribution in [1.29, 1.82) is 0 Å². The summed E-state index contributed by atoms with van der Waals surface area (Å²) in [6, 6.07) is 6.96. The maximum absolute atomic E-state index is 13.8. The fraction of sp³-hybridized carbons (Fsp3) is 0.312. The number of hydrogen-bond acceptors (Lipinski definition) is 3. The Morgan fingerprint density at radius 2 is 2.10 bits per heavy atom. The topological polar surface area (TPSA) is 34.2 Å². The van der Waals surface area contributed by atoms with Crippen molar-refractivity contribution in [3.63, 3.8) is 0 Å². The third-order valence-corrected chi connectivity index (χ3v) is 3.82. The summed E-state index contributed by atoms with van der Waals surface area (Å²) in [7, 11) is 1.61. The van der Waals surface area contributed by atoms with Crippen molar-refractivity contribution in [2.24, 2.45) is 0 Å². The second-order valence-corrected chi connectivity index (χ2v) is 5.57. The monoisotopic (exact) mass is 352 g/mol. The first kappa shape index (κ1) is 15.9. The number of nitrogens with one attached hydrogen (secondary N) is 1. The van der Waals surface area contributed by atoms with Gasteiger partial charge < -0.3 is 10.1 Å². The van der Waals surface area contributed by atoms with Gasteiger partial charge in [0.05, 0.1) is 23.8 Å². The van der Waals surface area contributed by atoms with E-state index in [4.69, 9.17) is 4.74 Å². The fourth-order valence-corrected chi connectivity index (χ4v) is 2.36. The van der Waals surface area contributed by atoms with Gasteiger partial charge in [-0.25, -0.2) is 4.39 Å². The summed E-state index contributed by atoms with van der Waals surface area (Å²) < 4.78 is 19.5. The van der Waals surface area contributed by atoms with Crippen LogP contribution in [0.4, 0.5) is 4.39 Å². The van der Waals surface area contributed by atoms with Gasteiger partial charge >= 0.3 is 0 Å². The number of ether oxygens (including phenoxy) is 1. The molecule has 0 bridgehead atoms. The second kappa shape index (κ2) is 7.52. The molecule has 1 aromatic carbocycles. The number of methoxy groups -OCH3 is 1. The summed E-state index contributed by atoms with van der Waals surface area (Å²) in [6.07, 6.45) is 4.42. The molecule has 5 heteroatoms. The molecule has 1 unspecified atom stereocenters. The highest BCUT2D eigenvalue weighted by molar-refractivity contribution is 9.10. The first-order valence-electron chi connectivity index (χ1n) is 6.83. The van der Waals surface area contributed by atoms with Gasteiger partial charge in [0.1, 0.15) is 11.6 Å². The van der Waals surface area contributed by atoms with E-state index in [1.807, 2.05) is 12.1 Å². The number of benzene rings is 1. The zero-order valence-corrected chi connectivity index (χ0v) is 13.7. The zero-order chi connectivity index (χ0) is 15.2. The van der Waals surface area contributed by atoms with Crippen molar-refractivity contribution in [2.45, 2.75) is 19.4 Å². The van der Waals surface area contributed by atoms with Crippen LogP contribution >= 0.6 is 15.9 Å². The van der Waals surface area contributed by atoms with Gasteiger partial charge in [-0.15, -0.1) is 0 Å². The molecule has 0 radical (unpaired) electrons. The lowest BCUT2D eigenvalue weighted by Crippen LogP contribution is -2.23. The highest BCUT2D eigenvalue weighted by Gasteiger charge is 2.16. The Bertz CT molecular complexity index is 607. The summed E-state index contributed by atoms with van der Waals surface area (Å²) in [4.78, 5) is 4.18. The molecule has 0 fully saturated rings. The van der Waals surface area contributed by atoms with Crippen LogP contribution in [0.3, 0.4) is 0 Å². The average molecular weight is 353 g/mol. The maximum Gasteiger partial charge on any atom is 0.137 e. The lowest BCUT2D eigenvalue weighted by atomic mass is 9.99. The first-order chi connectivity index (χ1) is 10.2. The van der Waals surface area contributed by atoms with Crippen molar-refractivity contribution in [3.8, 4) is 5.75 Å². The summed E-state index contributed by atoms with van der Waals surface area (Å²) in [5.41, 5.74) is 1.81. The number of hydrogen-bond donors (Lipinski definition) is 1. The third-order valence-electron chi connectivity index (χ3n) is 3.18. The molecular formula is C16H18BrFN2O. The molecule has 2 rings (SSSR count). The van der Waals surface area contributed by atoms with Gasteiger partial charge in [0, 0.05) is 6.20 Å². The van der Waals surface area contributed by atoms with E-state index < -0.39 is 0 Å². The molecule has 21 heavy (non-hydrogen) atoms. The predicted octanol–water partition coefficient (Wildman–Crippen LogP) is 4.08. The van der Waals surface area contributed by atoms with Crippen molar-refractivity contribution >= 4 is 15.9 Å². The van der Waals surface area contributed by atoms with Crippen molar-refractivity contribution in [1.82, 2.24) is 10.3 Å². The van der Waals surface area contributed by atoms with Crippen LogP contribution in [-0.4, -0.2) is 18.6 Å². The molecule has 0 aliphatic heterocycles. The second-order valence-electron chi connectivity index (χ2n) is 4.72. The number of rotatable bonds is 6. The van der Waals surface area contributed by atoms with Crippen LogP contribution in [0, 0.1) is 5.82 Å². The first-order valence-corrected chi connectivity index (χ1v) is 7.62. The van der Waals surface area contributed by atoms with E-state index in [0.717, 1.165) is 24.1 Å². The number of pyridine rings is 1. The lowest BCUT2D eigenvalue weighted by Gasteiger charge is -2.20. The van der Waals surface area contributed by atoms with E-state index in [1.54, 1.807) is 25.6 Å². The highest BCUT2D eigenvalue weighted by Crippen LogP contribution is 2.27. The van der Waals surface area contributed by atoms with E-state index in [2.05, 4.69) is 33.2 Å². The van der Waals surface area contributed by atoms with Crippen LogP contribution in [-0.2, 0) is 0 Å². The quantitative estimate of drug-likeness (QED) is 0.850. The van der Waals surface area contributed by atoms with E-state index in [9.17, 15) is 4.39 Å². The molecule has 0 aliphatic carbocycles. The smallest absolute Gasteiger partial charge is 0.137 e. The van der Waals surface area contributed by atoms with Gasteiger partial charge in [-0.1, -0.05) is 13.0 Å². The minimum absolute atomic E-state index is 0.116. The maximum atomic E-state index is 13.8. The molecule has 2 aromatic rings. The number of halogens is 2. The summed E-state index contributed by atoms with van der Waals surface area (Å²) in [5.74, 6) is 0.417. The summed E-state index contributed by atoms with van der Waals surface area (Å²) in [5, 5.41) is 3.42. The van der Waals surface area contributed by atoms with Gasteiger partial charge in [-0.3, -0.25) is 4.98 Å². The Kier molecular flexibility index (Phi) is 5.70. The average Bonchev–Trinajstić information content (AvgIpc) is 2.51. The largest absolute Gasteiger partial charge is 0.495 e. The minimum Gasteiger partial charge on any atom is -0.495 e. The fourth-order valence-electron chi connectivity index (χ4n) is 2.11. The standard InChI is InChI=1S/C16H18BrFN2O/c1-3-6-20-16(11-4-5-14(17)15(18)8-11)12-7-13(21-2)10-19-9-12/h4-5,7-10,16,20H,3,6H2,1-2H3. The van der Waals surface area contributed by atoms with Crippen LogP contribution in [0.5, 0.6) is 5.75 Å². The highest BCUT2D eigenvalue weighted by atomic mass is 79.9. The Hall–Kier alpha value is -1.46. The Morgan fingerprint density at radius 1 is 1.29 bits per heavy atom. The molecule has 1 atom stereocenters. The molecule has 0 saturated carbocycles.